The van der Waals surface area contributed by atoms with Crippen LogP contribution < -0.4 is 30.3 Å². The Morgan fingerprint density at radius 3 is 2.61 bits per heavy atom. The van der Waals surface area contributed by atoms with E-state index in [-0.39, 0.29) is 17.4 Å². The number of benzene rings is 1. The molecule has 0 fully saturated rings. The molecule has 4 rings (SSSR count). The predicted octanol–water partition coefficient (Wildman–Crippen LogP) is 3.56. The highest BCUT2D eigenvalue weighted by Gasteiger charge is 2.29. The number of ether oxygens (including phenoxy) is 3. The van der Waals surface area contributed by atoms with E-state index in [2.05, 4.69) is 15.6 Å². The van der Waals surface area contributed by atoms with Gasteiger partial charge in [0.2, 0.25) is 17.1 Å². The molecule has 0 saturated heterocycles. The summed E-state index contributed by atoms with van der Waals surface area (Å²) in [5.74, 6) is 1.42. The first-order chi connectivity index (χ1) is 17.5. The molecule has 1 aromatic heterocycles. The fourth-order valence-electron chi connectivity index (χ4n) is 4.76. The second-order valence-electron chi connectivity index (χ2n) is 8.68. The van der Waals surface area contributed by atoms with Crippen molar-refractivity contribution in [3.63, 3.8) is 0 Å². The number of anilines is 1. The van der Waals surface area contributed by atoms with Crippen LogP contribution in [0, 0.1) is 0 Å². The Balaban J connectivity index is 1.79. The van der Waals surface area contributed by atoms with E-state index in [4.69, 9.17) is 14.2 Å². The summed E-state index contributed by atoms with van der Waals surface area (Å²) in [5, 5.41) is 6.30. The van der Waals surface area contributed by atoms with Crippen LogP contribution in [0.15, 0.2) is 47.8 Å². The smallest absolute Gasteiger partial charge is 0.217 e. The molecular weight excluding hydrogens is 460 g/mol. The number of hydrogen-bond acceptors (Lipinski definition) is 7. The van der Waals surface area contributed by atoms with E-state index < -0.39 is 0 Å². The maximum atomic E-state index is 13.3. The highest BCUT2D eigenvalue weighted by Crippen LogP contribution is 2.50. The monoisotopic (exact) mass is 492 g/mol. The third kappa shape index (κ3) is 5.15. The van der Waals surface area contributed by atoms with Crippen LogP contribution in [0.3, 0.4) is 0 Å². The van der Waals surface area contributed by atoms with Gasteiger partial charge in [-0.25, -0.2) is 4.98 Å². The fourth-order valence-corrected chi connectivity index (χ4v) is 4.76. The first-order valence-corrected chi connectivity index (χ1v) is 11.9. The molecule has 1 atom stereocenters. The first kappa shape index (κ1) is 25.1. The molecule has 1 heterocycles. The van der Waals surface area contributed by atoms with E-state index in [1.54, 1.807) is 46.0 Å². The summed E-state index contributed by atoms with van der Waals surface area (Å²) >= 11 is 0. The van der Waals surface area contributed by atoms with Crippen molar-refractivity contribution in [1.29, 1.82) is 0 Å². The van der Waals surface area contributed by atoms with Crippen molar-refractivity contribution < 1.29 is 19.0 Å². The lowest BCUT2D eigenvalue weighted by atomic mass is 9.95. The molecule has 36 heavy (non-hydrogen) atoms. The van der Waals surface area contributed by atoms with Gasteiger partial charge in [0, 0.05) is 38.0 Å². The topological polar surface area (TPSA) is 104 Å². The molecule has 2 N–H and O–H groups in total. The van der Waals surface area contributed by atoms with Gasteiger partial charge in [0.05, 0.1) is 39.4 Å². The lowest BCUT2D eigenvalue weighted by molar-refractivity contribution is -0.119. The van der Waals surface area contributed by atoms with Crippen molar-refractivity contribution in [2.45, 2.75) is 38.8 Å². The van der Waals surface area contributed by atoms with Crippen LogP contribution in [0.4, 0.5) is 5.69 Å². The van der Waals surface area contributed by atoms with Gasteiger partial charge in [-0.2, -0.15) is 0 Å². The minimum absolute atomic E-state index is 0.142. The highest BCUT2D eigenvalue weighted by molar-refractivity contribution is 5.83. The van der Waals surface area contributed by atoms with E-state index in [1.165, 1.54) is 6.92 Å². The lowest BCUT2D eigenvalue weighted by Gasteiger charge is -2.19. The summed E-state index contributed by atoms with van der Waals surface area (Å²) in [6, 6.07) is 6.95. The van der Waals surface area contributed by atoms with Gasteiger partial charge in [0.25, 0.3) is 0 Å². The number of aromatic nitrogens is 2. The Kier molecular flexibility index (Phi) is 7.77. The highest BCUT2D eigenvalue weighted by atomic mass is 16.5. The number of nitrogens with one attached hydrogen (secondary N) is 2. The number of carbonyl (C=O) groups excluding carboxylic acids is 1. The SMILES string of the molecule is COc1cc2c(c(OC)c1OC)-c1ccc(NCCCn3ccnc3)c(=O)cc1[C@H](NC(C)=O)CC2. The van der Waals surface area contributed by atoms with Gasteiger partial charge in [-0.3, -0.25) is 9.59 Å². The second-order valence-corrected chi connectivity index (χ2v) is 8.68. The molecule has 0 aliphatic heterocycles. The Morgan fingerprint density at radius 1 is 1.14 bits per heavy atom. The number of carbonyl (C=O) groups is 1. The van der Waals surface area contributed by atoms with Crippen LogP contribution in [0.5, 0.6) is 17.2 Å². The number of methoxy groups -OCH3 is 3. The zero-order valence-electron chi connectivity index (χ0n) is 21.1. The molecule has 2 aromatic carbocycles. The number of aryl methyl sites for hydroxylation is 2. The van der Waals surface area contributed by atoms with Gasteiger partial charge in [-0.15, -0.1) is 0 Å². The van der Waals surface area contributed by atoms with E-state index in [0.29, 0.717) is 42.3 Å². The van der Waals surface area contributed by atoms with Gasteiger partial charge in [-0.05, 0) is 54.2 Å². The average molecular weight is 493 g/mol. The largest absolute Gasteiger partial charge is 0.493 e. The summed E-state index contributed by atoms with van der Waals surface area (Å²) < 4.78 is 19.0. The molecular formula is C27H32N4O5. The number of amides is 1. The van der Waals surface area contributed by atoms with Gasteiger partial charge < -0.3 is 29.4 Å². The molecule has 0 saturated carbocycles. The predicted molar refractivity (Wildman–Crippen MR) is 138 cm³/mol. The van der Waals surface area contributed by atoms with Crippen molar-refractivity contribution in [1.82, 2.24) is 14.9 Å². The minimum Gasteiger partial charge on any atom is -0.493 e. The molecule has 0 radical (unpaired) electrons. The fraction of sp³-hybridized carbons (Fsp3) is 0.370. The van der Waals surface area contributed by atoms with Crippen molar-refractivity contribution in [3.8, 4) is 28.4 Å². The first-order valence-electron chi connectivity index (χ1n) is 11.9. The maximum absolute atomic E-state index is 13.3. The number of rotatable bonds is 9. The normalized spacial score (nSPS) is 14.2. The van der Waals surface area contributed by atoms with Crippen molar-refractivity contribution in [3.05, 3.63) is 64.3 Å². The standard InChI is InChI=1S/C27H32N4O5/c1-17(32)30-21-8-6-18-14-24(34-2)26(35-3)27(36-4)25(18)19-7-9-22(23(33)15-20(19)21)29-10-5-12-31-13-11-28-16-31/h7,9,11,13-16,21H,5-6,8,10,12H2,1-4H3,(H,29,33)(H,30,32)/t21-/m1/s1. The van der Waals surface area contributed by atoms with Crippen LogP contribution >= 0.6 is 0 Å². The Bertz CT molecular complexity index is 1290. The third-order valence-electron chi connectivity index (χ3n) is 6.38. The van der Waals surface area contributed by atoms with Crippen LogP contribution in [-0.2, 0) is 17.8 Å². The zero-order valence-corrected chi connectivity index (χ0v) is 21.1. The average Bonchev–Trinajstić information content (AvgIpc) is 3.28. The summed E-state index contributed by atoms with van der Waals surface area (Å²) in [6.45, 7) is 2.91. The van der Waals surface area contributed by atoms with E-state index in [9.17, 15) is 9.59 Å². The molecule has 3 aromatic rings. The van der Waals surface area contributed by atoms with E-state index in [0.717, 1.165) is 35.2 Å². The lowest BCUT2D eigenvalue weighted by Crippen LogP contribution is -2.26. The molecule has 9 heteroatoms. The van der Waals surface area contributed by atoms with Crippen molar-refractivity contribution in [2.75, 3.05) is 33.2 Å². The summed E-state index contributed by atoms with van der Waals surface area (Å²) in [5.41, 5.74) is 3.73. The van der Waals surface area contributed by atoms with Gasteiger partial charge in [-0.1, -0.05) is 6.07 Å². The summed E-state index contributed by atoms with van der Waals surface area (Å²) in [4.78, 5) is 29.4. The molecule has 1 aliphatic carbocycles. The second kappa shape index (κ2) is 11.2. The van der Waals surface area contributed by atoms with Crippen LogP contribution in [0.2, 0.25) is 0 Å². The summed E-state index contributed by atoms with van der Waals surface area (Å²) in [6.07, 6.45) is 7.54. The quantitative estimate of drug-likeness (QED) is 0.440. The Hall–Kier alpha value is -4.01. The van der Waals surface area contributed by atoms with Gasteiger partial charge in [0.1, 0.15) is 0 Å². The van der Waals surface area contributed by atoms with E-state index in [1.807, 2.05) is 22.9 Å². The summed E-state index contributed by atoms with van der Waals surface area (Å²) in [7, 11) is 4.74. The molecule has 9 nitrogen and oxygen atoms in total. The minimum atomic E-state index is -0.333. The third-order valence-corrected chi connectivity index (χ3v) is 6.38. The van der Waals surface area contributed by atoms with Crippen LogP contribution in [-0.4, -0.2) is 43.3 Å². The zero-order chi connectivity index (χ0) is 25.7. The number of imidazole rings is 1. The Labute approximate surface area is 210 Å². The van der Waals surface area contributed by atoms with Gasteiger partial charge >= 0.3 is 0 Å². The molecule has 1 aliphatic rings. The Morgan fingerprint density at radius 2 is 1.94 bits per heavy atom. The molecule has 190 valence electrons. The van der Waals surface area contributed by atoms with E-state index >= 15 is 0 Å². The van der Waals surface area contributed by atoms with Crippen molar-refractivity contribution >= 4 is 11.6 Å². The molecule has 0 bridgehead atoms. The van der Waals surface area contributed by atoms with Crippen LogP contribution in [0.25, 0.3) is 11.1 Å². The van der Waals surface area contributed by atoms with Crippen molar-refractivity contribution in [2.24, 2.45) is 0 Å². The molecule has 1 amide bonds. The van der Waals surface area contributed by atoms with Crippen LogP contribution in [0.1, 0.15) is 36.9 Å². The number of hydrogen-bond donors (Lipinski definition) is 2. The maximum Gasteiger partial charge on any atom is 0.217 e. The van der Waals surface area contributed by atoms with Gasteiger partial charge in [0.15, 0.2) is 11.5 Å². The molecule has 0 spiro atoms. The number of nitrogens with zero attached hydrogens (tertiary/aromatic N) is 2. The molecule has 0 unspecified atom stereocenters. The number of fused-ring (bicyclic) bond motifs is 3.